The second-order valence-electron chi connectivity index (χ2n) is 6.17. The molecule has 3 aromatic rings. The van der Waals surface area contributed by atoms with Crippen molar-refractivity contribution < 1.29 is 24.5 Å². The molecule has 152 valence electrons. The molecule has 0 radical (unpaired) electrons. The number of ether oxygens (including phenoxy) is 1. The summed E-state index contributed by atoms with van der Waals surface area (Å²) in [6, 6.07) is 20.0. The minimum atomic E-state index is -1.11. The number of rotatable bonds is 6. The number of carboxylic acids is 1. The molecule has 8 heteroatoms. The van der Waals surface area contributed by atoms with Crippen LogP contribution in [0.5, 0.6) is 11.5 Å². The average molecular weight is 413 g/mol. The van der Waals surface area contributed by atoms with Gasteiger partial charge in [0, 0.05) is 0 Å². The largest absolute Gasteiger partial charge is 0.508 e. The van der Waals surface area contributed by atoms with E-state index >= 15 is 0 Å². The normalized spacial score (nSPS) is 11.1. The first-order valence-corrected chi connectivity index (χ1v) is 8.93. The zero-order valence-electron chi connectivity index (χ0n) is 16.0. The average Bonchev–Trinajstić information content (AvgIpc) is 2.78. The van der Waals surface area contributed by atoms with Crippen LogP contribution in [0.1, 0.15) is 15.9 Å². The number of hydrogen-bond donors (Lipinski definition) is 2. The summed E-state index contributed by atoms with van der Waals surface area (Å²) in [7, 11) is 0. The second kappa shape index (κ2) is 9.62. The van der Waals surface area contributed by atoms with Gasteiger partial charge in [-0.3, -0.25) is 0 Å². The van der Waals surface area contributed by atoms with Crippen LogP contribution in [0.4, 0.5) is 11.4 Å². The molecule has 0 fully saturated rings. The Morgan fingerprint density at radius 3 is 2.26 bits per heavy atom. The van der Waals surface area contributed by atoms with Gasteiger partial charge in [0.05, 0.1) is 11.3 Å². The van der Waals surface area contributed by atoms with Crippen LogP contribution in [-0.4, -0.2) is 22.2 Å². The Hall–Kier alpha value is -4.77. The molecule has 0 saturated heterocycles. The number of nitriles is 1. The summed E-state index contributed by atoms with van der Waals surface area (Å²) in [5.74, 6) is -1.67. The lowest BCUT2D eigenvalue weighted by Gasteiger charge is -2.04. The van der Waals surface area contributed by atoms with Crippen molar-refractivity contribution in [3.8, 4) is 17.6 Å². The maximum atomic E-state index is 12.3. The highest BCUT2D eigenvalue weighted by atomic mass is 16.5. The van der Waals surface area contributed by atoms with Gasteiger partial charge >= 0.3 is 11.9 Å². The summed E-state index contributed by atoms with van der Waals surface area (Å²) >= 11 is 0. The molecular formula is C23H15N3O5. The van der Waals surface area contributed by atoms with E-state index in [0.717, 1.165) is 0 Å². The summed E-state index contributed by atoms with van der Waals surface area (Å²) < 4.78 is 5.20. The van der Waals surface area contributed by atoms with Crippen molar-refractivity contribution in [2.24, 2.45) is 10.2 Å². The molecule has 8 nitrogen and oxygen atoms in total. The SMILES string of the molecule is N#CC(=Cc1ccc(O)cc1)C(=O)Oc1ccc(N=Nc2ccccc2C(=O)O)cc1. The molecule has 0 heterocycles. The van der Waals surface area contributed by atoms with Crippen LogP contribution < -0.4 is 4.74 Å². The highest BCUT2D eigenvalue weighted by Crippen LogP contribution is 2.24. The Bertz CT molecular complexity index is 1210. The van der Waals surface area contributed by atoms with E-state index in [4.69, 9.17) is 9.84 Å². The van der Waals surface area contributed by atoms with Crippen LogP contribution in [0.3, 0.4) is 0 Å². The minimum absolute atomic E-state index is 0.0289. The third kappa shape index (κ3) is 5.62. The predicted molar refractivity (Wildman–Crippen MR) is 111 cm³/mol. The van der Waals surface area contributed by atoms with E-state index in [2.05, 4.69) is 10.2 Å². The van der Waals surface area contributed by atoms with E-state index < -0.39 is 11.9 Å². The zero-order valence-corrected chi connectivity index (χ0v) is 16.0. The molecule has 0 aromatic heterocycles. The fourth-order valence-electron chi connectivity index (χ4n) is 2.47. The van der Waals surface area contributed by atoms with Gasteiger partial charge in [-0.25, -0.2) is 9.59 Å². The number of nitrogens with zero attached hydrogens (tertiary/aromatic N) is 3. The third-order valence-electron chi connectivity index (χ3n) is 4.00. The lowest BCUT2D eigenvalue weighted by molar-refractivity contribution is -0.129. The molecule has 2 N–H and O–H groups in total. The molecule has 0 aliphatic carbocycles. The fraction of sp³-hybridized carbons (Fsp3) is 0. The topological polar surface area (TPSA) is 132 Å². The summed E-state index contributed by atoms with van der Waals surface area (Å²) in [5, 5.41) is 35.6. The van der Waals surface area contributed by atoms with Gasteiger partial charge in [0.15, 0.2) is 0 Å². The third-order valence-corrected chi connectivity index (χ3v) is 4.00. The number of azo groups is 1. The van der Waals surface area contributed by atoms with Crippen LogP contribution in [0.2, 0.25) is 0 Å². The number of phenolic OH excluding ortho intramolecular Hbond substituents is 1. The number of aromatic hydroxyl groups is 1. The maximum Gasteiger partial charge on any atom is 0.354 e. The van der Waals surface area contributed by atoms with E-state index in [1.54, 1.807) is 30.3 Å². The van der Waals surface area contributed by atoms with Gasteiger partial charge in [-0.15, -0.1) is 5.11 Å². The van der Waals surface area contributed by atoms with Crippen molar-refractivity contribution in [2.45, 2.75) is 0 Å². The number of phenols is 1. The Morgan fingerprint density at radius 1 is 0.935 bits per heavy atom. The van der Waals surface area contributed by atoms with E-state index in [-0.39, 0.29) is 28.3 Å². The first-order chi connectivity index (χ1) is 15.0. The number of carbonyl (C=O) groups excluding carboxylic acids is 1. The van der Waals surface area contributed by atoms with Gasteiger partial charge in [0.2, 0.25) is 0 Å². The number of hydrogen-bond acceptors (Lipinski definition) is 7. The van der Waals surface area contributed by atoms with Gasteiger partial charge < -0.3 is 14.9 Å². The molecule has 0 amide bonds. The summed E-state index contributed by atoms with van der Waals surface area (Å²) in [6.07, 6.45) is 1.35. The van der Waals surface area contributed by atoms with Crippen molar-refractivity contribution in [1.29, 1.82) is 5.26 Å². The van der Waals surface area contributed by atoms with Gasteiger partial charge in [0.25, 0.3) is 0 Å². The molecule has 0 unspecified atom stereocenters. The smallest absolute Gasteiger partial charge is 0.354 e. The predicted octanol–water partition coefficient (Wildman–Crippen LogP) is 5.02. The Balaban J connectivity index is 1.70. The van der Waals surface area contributed by atoms with E-state index in [1.165, 1.54) is 54.6 Å². The van der Waals surface area contributed by atoms with Crippen molar-refractivity contribution >= 4 is 29.4 Å². The summed E-state index contributed by atoms with van der Waals surface area (Å²) in [6.45, 7) is 0. The summed E-state index contributed by atoms with van der Waals surface area (Å²) in [5.41, 5.74) is 1.01. The Labute approximate surface area is 177 Å². The van der Waals surface area contributed by atoms with E-state index in [1.807, 2.05) is 0 Å². The van der Waals surface area contributed by atoms with E-state index in [0.29, 0.717) is 11.3 Å². The lowest BCUT2D eigenvalue weighted by Crippen LogP contribution is -2.09. The first-order valence-electron chi connectivity index (χ1n) is 8.93. The van der Waals surface area contributed by atoms with Crippen LogP contribution >= 0.6 is 0 Å². The number of carbonyl (C=O) groups is 2. The number of esters is 1. The molecule has 3 rings (SSSR count). The van der Waals surface area contributed by atoms with Crippen LogP contribution in [-0.2, 0) is 4.79 Å². The van der Waals surface area contributed by atoms with Crippen molar-refractivity contribution in [3.63, 3.8) is 0 Å². The monoisotopic (exact) mass is 413 g/mol. The van der Waals surface area contributed by atoms with Crippen molar-refractivity contribution in [3.05, 3.63) is 89.5 Å². The Kier molecular flexibility index (Phi) is 6.50. The second-order valence-corrected chi connectivity index (χ2v) is 6.17. The van der Waals surface area contributed by atoms with Crippen LogP contribution in [0.25, 0.3) is 6.08 Å². The quantitative estimate of drug-likeness (QED) is 0.192. The number of aromatic carboxylic acids is 1. The van der Waals surface area contributed by atoms with Crippen LogP contribution in [0, 0.1) is 11.3 Å². The minimum Gasteiger partial charge on any atom is -0.508 e. The number of carboxylic acid groups (broad SMARTS) is 1. The standard InChI is InChI=1S/C23H15N3O5/c24-14-16(13-15-5-9-18(27)10-6-15)23(30)31-19-11-7-17(8-12-19)25-26-21-4-2-1-3-20(21)22(28)29/h1-13,27H,(H,28,29). The van der Waals surface area contributed by atoms with Gasteiger partial charge in [-0.2, -0.15) is 10.4 Å². The lowest BCUT2D eigenvalue weighted by atomic mass is 10.1. The molecule has 3 aromatic carbocycles. The molecule has 31 heavy (non-hydrogen) atoms. The first kappa shape index (κ1) is 21.0. The van der Waals surface area contributed by atoms with Gasteiger partial charge in [0.1, 0.15) is 28.8 Å². The number of benzene rings is 3. The summed E-state index contributed by atoms with van der Waals surface area (Å²) in [4.78, 5) is 23.5. The maximum absolute atomic E-state index is 12.3. The van der Waals surface area contributed by atoms with E-state index in [9.17, 15) is 20.0 Å². The fourth-order valence-corrected chi connectivity index (χ4v) is 2.47. The van der Waals surface area contributed by atoms with Crippen molar-refractivity contribution in [1.82, 2.24) is 0 Å². The molecule has 0 aliphatic heterocycles. The van der Waals surface area contributed by atoms with Crippen molar-refractivity contribution in [2.75, 3.05) is 0 Å². The Morgan fingerprint density at radius 2 is 1.61 bits per heavy atom. The molecular weight excluding hydrogens is 398 g/mol. The van der Waals surface area contributed by atoms with Gasteiger partial charge in [-0.1, -0.05) is 24.3 Å². The molecule has 0 saturated carbocycles. The van der Waals surface area contributed by atoms with Gasteiger partial charge in [-0.05, 0) is 60.2 Å². The molecule has 0 spiro atoms. The molecule has 0 aliphatic rings. The zero-order chi connectivity index (χ0) is 22.2. The molecule has 0 atom stereocenters. The van der Waals surface area contributed by atoms with Crippen LogP contribution in [0.15, 0.2) is 88.6 Å². The highest BCUT2D eigenvalue weighted by Gasteiger charge is 2.12. The highest BCUT2D eigenvalue weighted by molar-refractivity contribution is 5.99. The molecule has 0 bridgehead atoms.